The van der Waals surface area contributed by atoms with Crippen LogP contribution in [0.5, 0.6) is 0 Å². The molecule has 4 rings (SSSR count). The van der Waals surface area contributed by atoms with E-state index in [1.165, 1.54) is 29.3 Å². The highest BCUT2D eigenvalue weighted by Gasteiger charge is 2.19. The number of carbonyl (C=O) groups excluding carboxylic acids is 1. The van der Waals surface area contributed by atoms with E-state index in [0.717, 1.165) is 24.8 Å². The van der Waals surface area contributed by atoms with Crippen molar-refractivity contribution in [2.24, 2.45) is 0 Å². The summed E-state index contributed by atoms with van der Waals surface area (Å²) in [5.74, 6) is -0.0341. The number of fused-ring (bicyclic) bond motifs is 1. The molecule has 0 atom stereocenters. The van der Waals surface area contributed by atoms with Gasteiger partial charge in [0.1, 0.15) is 11.2 Å². The number of amides is 1. The predicted octanol–water partition coefficient (Wildman–Crippen LogP) is 3.06. The Kier molecular flexibility index (Phi) is 5.23. The van der Waals surface area contributed by atoms with Crippen LogP contribution >= 0.6 is 0 Å². The lowest BCUT2D eigenvalue weighted by Crippen LogP contribution is -2.34. The highest BCUT2D eigenvalue weighted by Crippen LogP contribution is 2.25. The summed E-state index contributed by atoms with van der Waals surface area (Å²) in [5, 5.41) is 7.09. The summed E-state index contributed by atoms with van der Waals surface area (Å²) < 4.78 is 6.71. The number of benzene rings is 1. The first-order chi connectivity index (χ1) is 13.7. The van der Waals surface area contributed by atoms with E-state index in [4.69, 9.17) is 4.52 Å². The average Bonchev–Trinajstić information content (AvgIpc) is 3.37. The summed E-state index contributed by atoms with van der Waals surface area (Å²) in [5.41, 5.74) is 2.89. The van der Waals surface area contributed by atoms with Gasteiger partial charge in [0.05, 0.1) is 6.33 Å². The van der Waals surface area contributed by atoms with E-state index in [1.54, 1.807) is 0 Å². The van der Waals surface area contributed by atoms with E-state index in [9.17, 15) is 9.59 Å². The first-order valence-electron chi connectivity index (χ1n) is 9.89. The molecule has 0 bridgehead atoms. The maximum atomic E-state index is 12.7. The number of hydrogen-bond acceptors (Lipinski definition) is 5. The fourth-order valence-electron chi connectivity index (χ4n) is 3.69. The van der Waals surface area contributed by atoms with Gasteiger partial charge in [-0.15, -0.1) is 0 Å². The number of hydrogen-bond donors (Lipinski definition) is 1. The van der Waals surface area contributed by atoms with Gasteiger partial charge in [-0.2, -0.15) is 0 Å². The van der Waals surface area contributed by atoms with Gasteiger partial charge >= 0.3 is 0 Å². The lowest BCUT2D eigenvalue weighted by Gasteiger charge is -2.12. The Morgan fingerprint density at radius 1 is 1.25 bits per heavy atom. The van der Waals surface area contributed by atoms with E-state index in [1.807, 2.05) is 24.3 Å². The molecule has 3 aromatic rings. The van der Waals surface area contributed by atoms with Crippen molar-refractivity contribution in [3.8, 4) is 11.3 Å². The van der Waals surface area contributed by atoms with Crippen LogP contribution in [-0.4, -0.2) is 26.7 Å². The largest absolute Gasteiger partial charge is 0.353 e. The second kappa shape index (κ2) is 7.96. The monoisotopic (exact) mass is 380 g/mol. The van der Waals surface area contributed by atoms with Crippen LogP contribution in [0.3, 0.4) is 0 Å². The highest BCUT2D eigenvalue weighted by molar-refractivity contribution is 5.87. The zero-order valence-corrected chi connectivity index (χ0v) is 16.0. The topological polar surface area (TPSA) is 90.0 Å². The van der Waals surface area contributed by atoms with Crippen molar-refractivity contribution < 1.29 is 9.32 Å². The Morgan fingerprint density at radius 2 is 2.00 bits per heavy atom. The normalized spacial score (nSPS) is 14.6. The Morgan fingerprint density at radius 3 is 2.71 bits per heavy atom. The molecule has 1 fully saturated rings. The first kappa shape index (κ1) is 18.4. The van der Waals surface area contributed by atoms with Crippen molar-refractivity contribution in [2.75, 3.05) is 0 Å². The van der Waals surface area contributed by atoms with Crippen LogP contribution in [0.25, 0.3) is 22.4 Å². The Balaban J connectivity index is 1.51. The second-order valence-corrected chi connectivity index (χ2v) is 7.30. The molecular formula is C21H24N4O3. The van der Waals surface area contributed by atoms with Crippen LogP contribution in [-0.2, 0) is 17.8 Å². The lowest BCUT2D eigenvalue weighted by molar-refractivity contribution is -0.122. The van der Waals surface area contributed by atoms with Crippen molar-refractivity contribution in [2.45, 2.75) is 58.0 Å². The molecule has 1 aliphatic carbocycles. The number of nitrogens with one attached hydrogen (secondary N) is 1. The Labute approximate surface area is 162 Å². The van der Waals surface area contributed by atoms with Crippen LogP contribution < -0.4 is 10.9 Å². The van der Waals surface area contributed by atoms with Gasteiger partial charge in [0, 0.05) is 24.6 Å². The molecule has 1 saturated carbocycles. The summed E-state index contributed by atoms with van der Waals surface area (Å²) in [7, 11) is 0. The SMILES string of the molecule is CCc1ccc(-c2noc3c(=O)n(CCC(=O)NC4CCCC4)cnc23)cc1. The predicted molar refractivity (Wildman–Crippen MR) is 106 cm³/mol. The third-order valence-electron chi connectivity index (χ3n) is 5.38. The van der Waals surface area contributed by atoms with E-state index in [-0.39, 0.29) is 36.1 Å². The summed E-state index contributed by atoms with van der Waals surface area (Å²) in [4.78, 5) is 29.2. The number of rotatable bonds is 6. The second-order valence-electron chi connectivity index (χ2n) is 7.30. The van der Waals surface area contributed by atoms with Crippen molar-refractivity contribution in [1.29, 1.82) is 0 Å². The molecule has 1 aliphatic rings. The van der Waals surface area contributed by atoms with Crippen molar-refractivity contribution in [3.05, 3.63) is 46.5 Å². The number of aromatic nitrogens is 3. The molecule has 1 N–H and O–H groups in total. The molecule has 0 spiro atoms. The Bertz CT molecular complexity index is 1030. The van der Waals surface area contributed by atoms with Gasteiger partial charge in [0.2, 0.25) is 5.91 Å². The van der Waals surface area contributed by atoms with Crippen molar-refractivity contribution >= 4 is 17.0 Å². The van der Waals surface area contributed by atoms with Crippen LogP contribution in [0.15, 0.2) is 39.9 Å². The average molecular weight is 380 g/mol. The highest BCUT2D eigenvalue weighted by atomic mass is 16.5. The van der Waals surface area contributed by atoms with E-state index in [0.29, 0.717) is 11.2 Å². The van der Waals surface area contributed by atoms with Gasteiger partial charge in [0.25, 0.3) is 11.1 Å². The number of nitrogens with zero attached hydrogens (tertiary/aromatic N) is 3. The maximum Gasteiger partial charge on any atom is 0.299 e. The fourth-order valence-corrected chi connectivity index (χ4v) is 3.69. The van der Waals surface area contributed by atoms with Crippen LogP contribution in [0, 0.1) is 0 Å². The zero-order valence-electron chi connectivity index (χ0n) is 16.0. The maximum absolute atomic E-state index is 12.7. The van der Waals surface area contributed by atoms with Gasteiger partial charge in [-0.1, -0.05) is 49.2 Å². The first-order valence-corrected chi connectivity index (χ1v) is 9.89. The molecule has 0 radical (unpaired) electrons. The molecule has 0 unspecified atom stereocenters. The molecular weight excluding hydrogens is 356 g/mol. The van der Waals surface area contributed by atoms with Crippen molar-refractivity contribution in [1.82, 2.24) is 20.0 Å². The lowest BCUT2D eigenvalue weighted by atomic mass is 10.1. The third kappa shape index (κ3) is 3.69. The van der Waals surface area contributed by atoms with Gasteiger partial charge < -0.3 is 9.84 Å². The van der Waals surface area contributed by atoms with Gasteiger partial charge in [-0.25, -0.2) is 4.98 Å². The molecule has 0 saturated heterocycles. The minimum Gasteiger partial charge on any atom is -0.353 e. The van der Waals surface area contributed by atoms with Crippen LogP contribution in [0.2, 0.25) is 0 Å². The molecule has 146 valence electrons. The van der Waals surface area contributed by atoms with Gasteiger partial charge in [0.15, 0.2) is 0 Å². The molecule has 2 heterocycles. The summed E-state index contributed by atoms with van der Waals surface area (Å²) in [6.45, 7) is 2.36. The van der Waals surface area contributed by atoms with E-state index in [2.05, 4.69) is 22.4 Å². The van der Waals surface area contributed by atoms with E-state index >= 15 is 0 Å². The third-order valence-corrected chi connectivity index (χ3v) is 5.38. The molecule has 7 heteroatoms. The summed E-state index contributed by atoms with van der Waals surface area (Å²) >= 11 is 0. The molecule has 2 aromatic heterocycles. The molecule has 7 nitrogen and oxygen atoms in total. The molecule has 0 aliphatic heterocycles. The van der Waals surface area contributed by atoms with E-state index < -0.39 is 0 Å². The van der Waals surface area contributed by atoms with Crippen LogP contribution in [0.4, 0.5) is 0 Å². The number of aryl methyl sites for hydroxylation is 2. The fraction of sp³-hybridized carbons (Fsp3) is 0.429. The van der Waals surface area contributed by atoms with Crippen LogP contribution in [0.1, 0.15) is 44.6 Å². The quantitative estimate of drug-likeness (QED) is 0.710. The van der Waals surface area contributed by atoms with Gasteiger partial charge in [-0.3, -0.25) is 14.2 Å². The number of carbonyl (C=O) groups is 1. The minimum atomic E-state index is -0.317. The summed E-state index contributed by atoms with van der Waals surface area (Å²) in [6.07, 6.45) is 7.08. The summed E-state index contributed by atoms with van der Waals surface area (Å²) in [6, 6.07) is 8.24. The van der Waals surface area contributed by atoms with Gasteiger partial charge in [-0.05, 0) is 24.8 Å². The minimum absolute atomic E-state index is 0.0341. The Hall–Kier alpha value is -2.96. The zero-order chi connectivity index (χ0) is 19.5. The van der Waals surface area contributed by atoms with Crippen molar-refractivity contribution in [3.63, 3.8) is 0 Å². The standard InChI is InChI=1S/C21H24N4O3/c1-2-14-7-9-15(10-8-14)18-19-20(28-24-18)21(27)25(13-22-19)12-11-17(26)23-16-5-3-4-6-16/h7-10,13,16H,2-6,11-12H2,1H3,(H,23,26). The molecule has 1 amide bonds. The smallest absolute Gasteiger partial charge is 0.299 e. The molecule has 28 heavy (non-hydrogen) atoms. The molecule has 1 aromatic carbocycles.